The second-order valence-corrected chi connectivity index (χ2v) is 5.15. The van der Waals surface area contributed by atoms with Crippen molar-refractivity contribution in [3.63, 3.8) is 0 Å². The molecule has 0 aliphatic carbocycles. The van der Waals surface area contributed by atoms with E-state index in [0.717, 1.165) is 28.7 Å². The van der Waals surface area contributed by atoms with Crippen molar-refractivity contribution in [2.24, 2.45) is 0 Å². The molecule has 0 aromatic heterocycles. The van der Waals surface area contributed by atoms with Gasteiger partial charge in [-0.1, -0.05) is 47.5 Å². The zero-order chi connectivity index (χ0) is 13.8. The third-order valence-corrected chi connectivity index (χ3v) is 3.17. The molecule has 2 heteroatoms. The van der Waals surface area contributed by atoms with E-state index < -0.39 is 0 Å². The minimum atomic E-state index is 0.0738. The van der Waals surface area contributed by atoms with Crippen LogP contribution in [0.4, 0.5) is 0 Å². The van der Waals surface area contributed by atoms with Gasteiger partial charge in [-0.3, -0.25) is 0 Å². The van der Waals surface area contributed by atoms with Crippen LogP contribution in [0, 0.1) is 13.8 Å². The molecule has 0 spiro atoms. The molecule has 2 rings (SSSR count). The lowest BCUT2D eigenvalue weighted by molar-refractivity contribution is 0.281. The van der Waals surface area contributed by atoms with Crippen LogP contribution in [-0.4, -0.2) is 10.2 Å². The first-order chi connectivity index (χ1) is 9.10. The molecular weight excluding hydrogens is 236 g/mol. The number of hydrogen-bond donors (Lipinski definition) is 2. The van der Waals surface area contributed by atoms with Crippen molar-refractivity contribution >= 4 is 0 Å². The Morgan fingerprint density at radius 1 is 0.632 bits per heavy atom. The summed E-state index contributed by atoms with van der Waals surface area (Å²) >= 11 is 0. The SMILES string of the molecule is Cc1cc(CO)cc(Cc2cc(C)cc(CO)c2)c1. The number of benzene rings is 2. The molecule has 0 atom stereocenters. The first-order valence-corrected chi connectivity index (χ1v) is 6.51. The molecule has 2 nitrogen and oxygen atoms in total. The van der Waals surface area contributed by atoms with Crippen LogP contribution in [-0.2, 0) is 19.6 Å². The van der Waals surface area contributed by atoms with Crippen LogP contribution in [0.2, 0.25) is 0 Å². The molecule has 2 N–H and O–H groups in total. The zero-order valence-electron chi connectivity index (χ0n) is 11.5. The second kappa shape index (κ2) is 6.00. The minimum absolute atomic E-state index is 0.0738. The topological polar surface area (TPSA) is 40.5 Å². The van der Waals surface area contributed by atoms with E-state index in [0.29, 0.717) is 0 Å². The molecule has 100 valence electrons. The summed E-state index contributed by atoms with van der Waals surface area (Å²) in [5.41, 5.74) is 6.61. The third-order valence-electron chi connectivity index (χ3n) is 3.17. The van der Waals surface area contributed by atoms with Crippen molar-refractivity contribution in [1.82, 2.24) is 0 Å². The highest BCUT2D eigenvalue weighted by Crippen LogP contribution is 2.17. The van der Waals surface area contributed by atoms with Crippen molar-refractivity contribution in [3.05, 3.63) is 69.8 Å². The van der Waals surface area contributed by atoms with E-state index in [9.17, 15) is 10.2 Å². The van der Waals surface area contributed by atoms with Gasteiger partial charge in [-0.15, -0.1) is 0 Å². The van der Waals surface area contributed by atoms with Gasteiger partial charge in [-0.25, -0.2) is 0 Å². The highest BCUT2D eigenvalue weighted by atomic mass is 16.3. The van der Waals surface area contributed by atoms with Crippen molar-refractivity contribution in [1.29, 1.82) is 0 Å². The van der Waals surface area contributed by atoms with E-state index in [2.05, 4.69) is 12.1 Å². The van der Waals surface area contributed by atoms with E-state index in [1.54, 1.807) is 0 Å². The molecule has 0 unspecified atom stereocenters. The number of rotatable bonds is 4. The van der Waals surface area contributed by atoms with E-state index in [-0.39, 0.29) is 13.2 Å². The molecule has 0 amide bonds. The fourth-order valence-corrected chi connectivity index (χ4v) is 2.52. The fraction of sp³-hybridized carbons (Fsp3) is 0.294. The average Bonchev–Trinajstić information content (AvgIpc) is 2.37. The van der Waals surface area contributed by atoms with Gasteiger partial charge in [-0.2, -0.15) is 0 Å². The van der Waals surface area contributed by atoms with Crippen LogP contribution in [0.15, 0.2) is 36.4 Å². The normalized spacial score (nSPS) is 10.7. The Kier molecular flexibility index (Phi) is 4.35. The van der Waals surface area contributed by atoms with Crippen LogP contribution < -0.4 is 0 Å². The first-order valence-electron chi connectivity index (χ1n) is 6.51. The number of aliphatic hydroxyl groups is 2. The smallest absolute Gasteiger partial charge is 0.0682 e. The Hall–Kier alpha value is -1.64. The third kappa shape index (κ3) is 3.66. The van der Waals surface area contributed by atoms with Gasteiger partial charge in [0.25, 0.3) is 0 Å². The Labute approximate surface area is 114 Å². The fourth-order valence-electron chi connectivity index (χ4n) is 2.52. The average molecular weight is 256 g/mol. The van der Waals surface area contributed by atoms with E-state index in [4.69, 9.17) is 0 Å². The maximum absolute atomic E-state index is 9.25. The van der Waals surface area contributed by atoms with Gasteiger partial charge in [0.05, 0.1) is 13.2 Å². The van der Waals surface area contributed by atoms with Gasteiger partial charge >= 0.3 is 0 Å². The lowest BCUT2D eigenvalue weighted by Crippen LogP contribution is -1.95. The second-order valence-electron chi connectivity index (χ2n) is 5.15. The standard InChI is InChI=1S/C17H20O2/c1-12-3-14(8-16(5-12)10-18)7-15-4-13(2)6-17(9-15)11-19/h3-6,8-9,18-19H,7,10-11H2,1-2H3. The number of hydrogen-bond acceptors (Lipinski definition) is 2. The lowest BCUT2D eigenvalue weighted by Gasteiger charge is -2.09. The molecule has 0 heterocycles. The highest BCUT2D eigenvalue weighted by Gasteiger charge is 2.02. The van der Waals surface area contributed by atoms with E-state index in [1.165, 1.54) is 11.1 Å². The zero-order valence-corrected chi connectivity index (χ0v) is 11.5. The summed E-state index contributed by atoms with van der Waals surface area (Å²) in [6, 6.07) is 12.3. The summed E-state index contributed by atoms with van der Waals surface area (Å²) in [6.07, 6.45) is 0.823. The summed E-state index contributed by atoms with van der Waals surface area (Å²) in [6.45, 7) is 4.23. The molecule has 0 fully saturated rings. The van der Waals surface area contributed by atoms with Crippen LogP contribution in [0.3, 0.4) is 0 Å². The summed E-state index contributed by atoms with van der Waals surface area (Å²) in [5.74, 6) is 0. The van der Waals surface area contributed by atoms with Crippen molar-refractivity contribution < 1.29 is 10.2 Å². The molecular formula is C17H20O2. The van der Waals surface area contributed by atoms with Crippen LogP contribution in [0.1, 0.15) is 33.4 Å². The number of aryl methyl sites for hydroxylation is 2. The van der Waals surface area contributed by atoms with Gasteiger partial charge in [0.15, 0.2) is 0 Å². The van der Waals surface area contributed by atoms with Crippen LogP contribution in [0.25, 0.3) is 0 Å². The molecule has 2 aromatic carbocycles. The molecule has 0 aliphatic rings. The summed E-state index contributed by atoms with van der Waals surface area (Å²) < 4.78 is 0. The monoisotopic (exact) mass is 256 g/mol. The number of aliphatic hydroxyl groups excluding tert-OH is 2. The van der Waals surface area contributed by atoms with Gasteiger partial charge < -0.3 is 10.2 Å². The van der Waals surface area contributed by atoms with Crippen LogP contribution >= 0.6 is 0 Å². The summed E-state index contributed by atoms with van der Waals surface area (Å²) in [4.78, 5) is 0. The van der Waals surface area contributed by atoms with Gasteiger partial charge in [0.2, 0.25) is 0 Å². The Balaban J connectivity index is 2.30. The van der Waals surface area contributed by atoms with Gasteiger partial charge in [0, 0.05) is 0 Å². The van der Waals surface area contributed by atoms with Gasteiger partial charge in [-0.05, 0) is 42.5 Å². The maximum atomic E-state index is 9.25. The predicted octanol–water partition coefficient (Wildman–Crippen LogP) is 2.88. The van der Waals surface area contributed by atoms with E-state index >= 15 is 0 Å². The van der Waals surface area contributed by atoms with Gasteiger partial charge in [0.1, 0.15) is 0 Å². The minimum Gasteiger partial charge on any atom is -0.392 e. The van der Waals surface area contributed by atoms with Crippen molar-refractivity contribution in [2.75, 3.05) is 0 Å². The van der Waals surface area contributed by atoms with E-state index in [1.807, 2.05) is 38.1 Å². The largest absolute Gasteiger partial charge is 0.392 e. The predicted molar refractivity (Wildman–Crippen MR) is 77.0 cm³/mol. The molecule has 0 saturated heterocycles. The Bertz CT molecular complexity index is 522. The highest BCUT2D eigenvalue weighted by molar-refractivity contribution is 5.36. The Morgan fingerprint density at radius 3 is 1.37 bits per heavy atom. The lowest BCUT2D eigenvalue weighted by atomic mass is 9.98. The first kappa shape index (κ1) is 13.8. The van der Waals surface area contributed by atoms with Crippen molar-refractivity contribution in [2.45, 2.75) is 33.5 Å². The molecule has 2 aromatic rings. The quantitative estimate of drug-likeness (QED) is 0.883. The summed E-state index contributed by atoms with van der Waals surface area (Å²) in [5, 5.41) is 18.5. The van der Waals surface area contributed by atoms with Crippen LogP contribution in [0.5, 0.6) is 0 Å². The molecule has 19 heavy (non-hydrogen) atoms. The molecule has 0 radical (unpaired) electrons. The molecule has 0 saturated carbocycles. The molecule has 0 bridgehead atoms. The summed E-state index contributed by atoms with van der Waals surface area (Å²) in [7, 11) is 0. The molecule has 0 aliphatic heterocycles. The van der Waals surface area contributed by atoms with Crippen molar-refractivity contribution in [3.8, 4) is 0 Å². The maximum Gasteiger partial charge on any atom is 0.0682 e. The Morgan fingerprint density at radius 2 is 1.00 bits per heavy atom.